The van der Waals surface area contributed by atoms with Crippen LogP contribution in [0.1, 0.15) is 60.9 Å². The maximum absolute atomic E-state index is 13.4. The Labute approximate surface area is 177 Å². The predicted molar refractivity (Wildman–Crippen MR) is 113 cm³/mol. The number of rotatable bonds is 3. The summed E-state index contributed by atoms with van der Waals surface area (Å²) in [4.78, 5) is 33.9. The van der Waals surface area contributed by atoms with E-state index in [0.29, 0.717) is 25.3 Å². The number of ether oxygens (including phenoxy) is 1. The first-order valence-electron chi connectivity index (χ1n) is 10.5. The Morgan fingerprint density at radius 3 is 2.57 bits per heavy atom. The number of imidazole rings is 1. The summed E-state index contributed by atoms with van der Waals surface area (Å²) < 4.78 is 7.48. The van der Waals surface area contributed by atoms with Crippen molar-refractivity contribution < 1.29 is 14.3 Å². The maximum Gasteiger partial charge on any atom is 0.410 e. The first kappa shape index (κ1) is 20.4. The molecule has 0 saturated heterocycles. The highest BCUT2D eigenvalue weighted by Crippen LogP contribution is 2.51. The minimum atomic E-state index is -0.556. The Morgan fingerprint density at radius 1 is 1.20 bits per heavy atom. The fourth-order valence-electron chi connectivity index (χ4n) is 4.14. The van der Waals surface area contributed by atoms with E-state index < -0.39 is 5.60 Å². The molecule has 30 heavy (non-hydrogen) atoms. The zero-order chi connectivity index (χ0) is 21.7. The second kappa shape index (κ2) is 7.15. The number of aryl methyl sites for hydroxylation is 1. The van der Waals surface area contributed by atoms with Gasteiger partial charge in [-0.1, -0.05) is 29.8 Å². The number of hydrogen-bond donors (Lipinski definition) is 0. The monoisotopic (exact) mass is 410 g/mol. The summed E-state index contributed by atoms with van der Waals surface area (Å²) in [5.41, 5.74) is 2.72. The minimum Gasteiger partial charge on any atom is -0.444 e. The normalized spacial score (nSPS) is 17.3. The van der Waals surface area contributed by atoms with Gasteiger partial charge in [-0.05, 0) is 46.1 Å². The van der Waals surface area contributed by atoms with Crippen molar-refractivity contribution >= 4 is 12.0 Å². The average molecular weight is 411 g/mol. The molecule has 1 saturated carbocycles. The standard InChI is InChI=1S/C23H30N4O3/c1-16-7-6-8-17(13-16)23(9-10-23)25(5)20(28)19-18-14-26(11-12-27(18)15-24-19)21(29)30-22(2,3)4/h6-8,13,15H,9-12,14H2,1-5H3. The number of nitrogens with zero attached hydrogens (tertiary/aromatic N) is 4. The second-order valence-corrected chi connectivity index (χ2v) is 9.40. The molecule has 0 radical (unpaired) electrons. The molecule has 7 nitrogen and oxygen atoms in total. The zero-order valence-corrected chi connectivity index (χ0v) is 18.4. The molecule has 7 heteroatoms. The molecule has 1 aliphatic heterocycles. The van der Waals surface area contributed by atoms with Crippen LogP contribution in [0.3, 0.4) is 0 Å². The molecular formula is C23H30N4O3. The summed E-state index contributed by atoms with van der Waals surface area (Å²) in [6.07, 6.45) is 3.23. The highest BCUT2D eigenvalue weighted by Gasteiger charge is 2.50. The van der Waals surface area contributed by atoms with Crippen molar-refractivity contribution in [1.82, 2.24) is 19.4 Å². The molecule has 0 bridgehead atoms. The molecule has 0 N–H and O–H groups in total. The Kier molecular flexibility index (Phi) is 4.87. The van der Waals surface area contributed by atoms with Gasteiger partial charge < -0.3 is 19.1 Å². The Balaban J connectivity index is 1.56. The summed E-state index contributed by atoms with van der Waals surface area (Å²) in [6.45, 7) is 9.08. The van der Waals surface area contributed by atoms with Crippen LogP contribution < -0.4 is 0 Å². The van der Waals surface area contributed by atoms with E-state index >= 15 is 0 Å². The van der Waals surface area contributed by atoms with E-state index in [-0.39, 0.29) is 17.5 Å². The molecular weight excluding hydrogens is 380 g/mol. The van der Waals surface area contributed by atoms with E-state index in [0.717, 1.165) is 18.5 Å². The van der Waals surface area contributed by atoms with Crippen LogP contribution >= 0.6 is 0 Å². The van der Waals surface area contributed by atoms with Crippen molar-refractivity contribution in [3.05, 3.63) is 53.1 Å². The van der Waals surface area contributed by atoms with E-state index in [1.807, 2.05) is 43.4 Å². The first-order chi connectivity index (χ1) is 14.1. The number of amides is 2. The highest BCUT2D eigenvalue weighted by molar-refractivity contribution is 5.94. The Morgan fingerprint density at radius 2 is 1.93 bits per heavy atom. The molecule has 0 atom stereocenters. The quantitative estimate of drug-likeness (QED) is 0.774. The maximum atomic E-state index is 13.4. The number of aromatic nitrogens is 2. The molecule has 160 valence electrons. The van der Waals surface area contributed by atoms with Gasteiger partial charge in [0, 0.05) is 20.1 Å². The number of hydrogen-bond acceptors (Lipinski definition) is 4. The molecule has 1 aromatic carbocycles. The van der Waals surface area contributed by atoms with Crippen LogP contribution in [0.25, 0.3) is 0 Å². The summed E-state index contributed by atoms with van der Waals surface area (Å²) in [6, 6.07) is 8.36. The summed E-state index contributed by atoms with van der Waals surface area (Å²) in [5.74, 6) is -0.103. The molecule has 2 aromatic rings. The number of fused-ring (bicyclic) bond motifs is 1. The topological polar surface area (TPSA) is 67.7 Å². The van der Waals surface area contributed by atoms with Crippen molar-refractivity contribution in [2.75, 3.05) is 13.6 Å². The predicted octanol–water partition coefficient (Wildman–Crippen LogP) is 3.70. The first-order valence-corrected chi connectivity index (χ1v) is 10.5. The number of benzene rings is 1. The lowest BCUT2D eigenvalue weighted by atomic mass is 10.0. The van der Waals surface area contributed by atoms with Crippen LogP contribution in [0.2, 0.25) is 0 Å². The van der Waals surface area contributed by atoms with Crippen molar-refractivity contribution in [3.8, 4) is 0 Å². The third kappa shape index (κ3) is 3.68. The minimum absolute atomic E-state index is 0.103. The van der Waals surface area contributed by atoms with Crippen LogP contribution in [0, 0.1) is 6.92 Å². The van der Waals surface area contributed by atoms with E-state index in [4.69, 9.17) is 4.74 Å². The van der Waals surface area contributed by atoms with Crippen molar-refractivity contribution in [2.45, 2.75) is 64.8 Å². The zero-order valence-electron chi connectivity index (χ0n) is 18.4. The highest BCUT2D eigenvalue weighted by atomic mass is 16.6. The van der Waals surface area contributed by atoms with Gasteiger partial charge >= 0.3 is 6.09 Å². The average Bonchev–Trinajstić information content (AvgIpc) is 3.39. The van der Waals surface area contributed by atoms with Crippen molar-refractivity contribution in [3.63, 3.8) is 0 Å². The van der Waals surface area contributed by atoms with Gasteiger partial charge in [0.25, 0.3) is 5.91 Å². The van der Waals surface area contributed by atoms with Gasteiger partial charge in [0.1, 0.15) is 5.60 Å². The van der Waals surface area contributed by atoms with Gasteiger partial charge in [-0.15, -0.1) is 0 Å². The fourth-order valence-corrected chi connectivity index (χ4v) is 4.14. The van der Waals surface area contributed by atoms with Crippen LogP contribution in [-0.4, -0.2) is 50.5 Å². The summed E-state index contributed by atoms with van der Waals surface area (Å²) in [5, 5.41) is 0. The van der Waals surface area contributed by atoms with Crippen molar-refractivity contribution in [1.29, 1.82) is 0 Å². The van der Waals surface area contributed by atoms with Gasteiger partial charge in [0.2, 0.25) is 0 Å². The van der Waals surface area contributed by atoms with E-state index in [1.54, 1.807) is 11.2 Å². The second-order valence-electron chi connectivity index (χ2n) is 9.40. The molecule has 2 heterocycles. The molecule has 1 fully saturated rings. The van der Waals surface area contributed by atoms with E-state index in [1.165, 1.54) is 11.1 Å². The van der Waals surface area contributed by atoms with Gasteiger partial charge in [-0.2, -0.15) is 0 Å². The van der Waals surface area contributed by atoms with Crippen LogP contribution in [0.5, 0.6) is 0 Å². The third-order valence-corrected chi connectivity index (χ3v) is 5.98. The molecule has 0 unspecified atom stereocenters. The number of carbonyl (C=O) groups is 2. The lowest BCUT2D eigenvalue weighted by Crippen LogP contribution is -2.42. The Hall–Kier alpha value is -2.83. The van der Waals surface area contributed by atoms with E-state index in [9.17, 15) is 9.59 Å². The molecule has 1 aliphatic carbocycles. The van der Waals surface area contributed by atoms with Gasteiger partial charge in [-0.3, -0.25) is 4.79 Å². The molecule has 1 aromatic heterocycles. The lowest BCUT2D eigenvalue weighted by molar-refractivity contribution is 0.0197. The molecule has 0 spiro atoms. The fraction of sp³-hybridized carbons (Fsp3) is 0.522. The largest absolute Gasteiger partial charge is 0.444 e. The van der Waals surface area contributed by atoms with Gasteiger partial charge in [0.05, 0.1) is 24.1 Å². The molecule has 2 aliphatic rings. The smallest absolute Gasteiger partial charge is 0.410 e. The van der Waals surface area contributed by atoms with Gasteiger partial charge in [-0.25, -0.2) is 9.78 Å². The third-order valence-electron chi connectivity index (χ3n) is 5.98. The van der Waals surface area contributed by atoms with Gasteiger partial charge in [0.15, 0.2) is 5.69 Å². The molecule has 4 rings (SSSR count). The SMILES string of the molecule is Cc1cccc(C2(N(C)C(=O)c3ncn4c3CN(C(=O)OC(C)(C)C)CC4)CC2)c1. The lowest BCUT2D eigenvalue weighted by Gasteiger charge is -2.32. The van der Waals surface area contributed by atoms with E-state index in [2.05, 4.69) is 30.1 Å². The van der Waals surface area contributed by atoms with Crippen LogP contribution in [0.4, 0.5) is 4.79 Å². The Bertz CT molecular complexity index is 985. The summed E-state index contributed by atoms with van der Waals surface area (Å²) in [7, 11) is 1.86. The van der Waals surface area contributed by atoms with Crippen molar-refractivity contribution in [2.24, 2.45) is 0 Å². The summed E-state index contributed by atoms with van der Waals surface area (Å²) >= 11 is 0. The number of carbonyl (C=O) groups excluding carboxylic acids is 2. The molecule has 2 amide bonds. The van der Waals surface area contributed by atoms with Crippen LogP contribution in [-0.2, 0) is 23.4 Å². The van der Waals surface area contributed by atoms with Crippen LogP contribution in [0.15, 0.2) is 30.6 Å².